The van der Waals surface area contributed by atoms with Gasteiger partial charge < -0.3 is 5.11 Å². The van der Waals surface area contributed by atoms with Crippen LogP contribution in [-0.2, 0) is 4.79 Å². The molecular formula is C6H12O2. The van der Waals surface area contributed by atoms with Gasteiger partial charge in [-0.3, -0.25) is 4.79 Å². The second-order valence-electron chi connectivity index (χ2n) is 1.74. The molecule has 1 unspecified atom stereocenters. The summed E-state index contributed by atoms with van der Waals surface area (Å²) in [6.07, 6.45) is 0.252. The molecule has 0 aromatic rings. The van der Waals surface area contributed by atoms with E-state index in [4.69, 9.17) is 5.11 Å². The van der Waals surface area contributed by atoms with Crippen LogP contribution < -0.4 is 0 Å². The number of Topliss-reactive ketones (excluding diaryl/α,β-unsaturated/α-hetero) is 1. The minimum Gasteiger partial charge on any atom is -0.385 e. The molecule has 0 rings (SSSR count). The van der Waals surface area contributed by atoms with E-state index in [1.807, 2.05) is 0 Å². The molecule has 1 N–H and O–H groups in total. The maximum Gasteiger partial charge on any atom is 0.160 e. The molecule has 2 nitrogen and oxygen atoms in total. The number of carbonyl (C=O) groups excluding carboxylic acids is 1. The Bertz CT molecular complexity index is 78.6. The molecule has 0 bridgehead atoms. The predicted octanol–water partition coefficient (Wildman–Crippen LogP) is 0.736. The summed E-state index contributed by atoms with van der Waals surface area (Å²) < 4.78 is 0. The molecule has 0 aromatic carbocycles. The minimum absolute atomic E-state index is 0.0625. The van der Waals surface area contributed by atoms with Crippen LogP contribution in [0, 0.1) is 0 Å². The first-order valence-corrected chi connectivity index (χ1v) is 2.93. The molecule has 0 fully saturated rings. The maximum atomic E-state index is 10.5. The smallest absolute Gasteiger partial charge is 0.160 e. The van der Waals surface area contributed by atoms with E-state index in [0.29, 0.717) is 12.8 Å². The van der Waals surface area contributed by atoms with Gasteiger partial charge >= 0.3 is 0 Å². The summed E-state index contributed by atoms with van der Waals surface area (Å²) in [5.74, 6) is -0.0625. The molecular weight excluding hydrogens is 104 g/mol. The Morgan fingerprint density at radius 3 is 2.25 bits per heavy atom. The molecule has 0 aliphatic carbocycles. The lowest BCUT2D eigenvalue weighted by molar-refractivity contribution is -0.126. The lowest BCUT2D eigenvalue weighted by Crippen LogP contribution is -2.17. The summed E-state index contributed by atoms with van der Waals surface area (Å²) in [5.41, 5.74) is 0. The van der Waals surface area contributed by atoms with Crippen molar-refractivity contribution in [3.8, 4) is 0 Å². The van der Waals surface area contributed by atoms with E-state index in [2.05, 4.69) is 0 Å². The number of aliphatic hydroxyl groups is 1. The average molecular weight is 116 g/mol. The second-order valence-corrected chi connectivity index (χ2v) is 1.74. The van der Waals surface area contributed by atoms with Gasteiger partial charge in [-0.25, -0.2) is 0 Å². The fourth-order valence-electron chi connectivity index (χ4n) is 0.463. The van der Waals surface area contributed by atoms with Crippen LogP contribution in [0.1, 0.15) is 26.7 Å². The van der Waals surface area contributed by atoms with Crippen molar-refractivity contribution in [2.24, 2.45) is 0 Å². The Labute approximate surface area is 49.5 Å². The second kappa shape index (κ2) is 3.61. The molecule has 0 radical (unpaired) electrons. The maximum absolute atomic E-state index is 10.5. The van der Waals surface area contributed by atoms with Gasteiger partial charge in [0.05, 0.1) is 0 Å². The highest BCUT2D eigenvalue weighted by Gasteiger charge is 2.07. The van der Waals surface area contributed by atoms with Gasteiger partial charge in [-0.15, -0.1) is 0 Å². The number of carbonyl (C=O) groups is 1. The number of hydrogen-bond acceptors (Lipinski definition) is 2. The molecule has 0 amide bonds. The topological polar surface area (TPSA) is 37.3 Å². The minimum atomic E-state index is -0.722. The monoisotopic (exact) mass is 116 g/mol. The van der Waals surface area contributed by atoms with Gasteiger partial charge in [0.15, 0.2) is 5.78 Å². The van der Waals surface area contributed by atoms with Gasteiger partial charge in [0.25, 0.3) is 0 Å². The van der Waals surface area contributed by atoms with Crippen molar-refractivity contribution in [3.05, 3.63) is 0 Å². The largest absolute Gasteiger partial charge is 0.385 e. The highest BCUT2D eigenvalue weighted by atomic mass is 16.3. The van der Waals surface area contributed by atoms with Crippen molar-refractivity contribution in [1.82, 2.24) is 0 Å². The van der Waals surface area contributed by atoms with Gasteiger partial charge in [0.1, 0.15) is 6.10 Å². The average Bonchev–Trinajstić information content (AvgIpc) is 1.84. The van der Waals surface area contributed by atoms with E-state index in [-0.39, 0.29) is 5.78 Å². The van der Waals surface area contributed by atoms with Crippen LogP contribution in [-0.4, -0.2) is 17.0 Å². The number of aliphatic hydroxyl groups excluding tert-OH is 1. The summed E-state index contributed by atoms with van der Waals surface area (Å²) in [7, 11) is 0. The van der Waals surface area contributed by atoms with Crippen LogP contribution in [0.5, 0.6) is 0 Å². The molecule has 0 aliphatic rings. The van der Waals surface area contributed by atoms with E-state index in [1.165, 1.54) is 0 Å². The van der Waals surface area contributed by atoms with Gasteiger partial charge in [-0.1, -0.05) is 13.8 Å². The van der Waals surface area contributed by atoms with Gasteiger partial charge in [0.2, 0.25) is 0 Å². The standard InChI is InChI=1S/C6H12O2/c1-3-5(7)6(8)4-2/h5,7H,3-4H2,1-2H3. The van der Waals surface area contributed by atoms with Crippen LogP contribution in [0.2, 0.25) is 0 Å². The molecule has 0 heterocycles. The number of rotatable bonds is 3. The first-order chi connectivity index (χ1) is 3.72. The molecule has 2 heteroatoms. The fraction of sp³-hybridized carbons (Fsp3) is 0.833. The summed E-state index contributed by atoms with van der Waals surface area (Å²) in [6.45, 7) is 3.54. The van der Waals surface area contributed by atoms with Crippen molar-refractivity contribution < 1.29 is 9.90 Å². The highest BCUT2D eigenvalue weighted by Crippen LogP contribution is 1.93. The van der Waals surface area contributed by atoms with Gasteiger partial charge in [-0.2, -0.15) is 0 Å². The van der Waals surface area contributed by atoms with Crippen LogP contribution in [0.15, 0.2) is 0 Å². The first-order valence-electron chi connectivity index (χ1n) is 2.93. The number of ketones is 1. The Morgan fingerprint density at radius 2 is 2.12 bits per heavy atom. The fourth-order valence-corrected chi connectivity index (χ4v) is 0.463. The van der Waals surface area contributed by atoms with E-state index < -0.39 is 6.10 Å². The van der Waals surface area contributed by atoms with E-state index in [1.54, 1.807) is 13.8 Å². The number of hydrogen-bond donors (Lipinski definition) is 1. The molecule has 1 atom stereocenters. The summed E-state index contributed by atoms with van der Waals surface area (Å²) in [6, 6.07) is 0. The molecule has 0 saturated heterocycles. The molecule has 0 spiro atoms. The lowest BCUT2D eigenvalue weighted by atomic mass is 10.1. The zero-order valence-electron chi connectivity index (χ0n) is 5.35. The zero-order chi connectivity index (χ0) is 6.57. The third-order valence-corrected chi connectivity index (χ3v) is 1.11. The van der Waals surface area contributed by atoms with Gasteiger partial charge in [0, 0.05) is 6.42 Å². The third kappa shape index (κ3) is 2.07. The van der Waals surface area contributed by atoms with Crippen molar-refractivity contribution in [2.45, 2.75) is 32.8 Å². The SMILES string of the molecule is CCC(=O)C(O)CC. The normalized spacial score (nSPS) is 13.4. The third-order valence-electron chi connectivity index (χ3n) is 1.11. The van der Waals surface area contributed by atoms with Crippen molar-refractivity contribution in [1.29, 1.82) is 0 Å². The molecule has 8 heavy (non-hydrogen) atoms. The van der Waals surface area contributed by atoms with Crippen LogP contribution in [0.25, 0.3) is 0 Å². The zero-order valence-corrected chi connectivity index (χ0v) is 5.35. The molecule has 0 saturated carbocycles. The Balaban J connectivity index is 3.46. The summed E-state index contributed by atoms with van der Waals surface area (Å²) in [4.78, 5) is 10.5. The summed E-state index contributed by atoms with van der Waals surface area (Å²) in [5, 5.41) is 8.78. The van der Waals surface area contributed by atoms with Crippen molar-refractivity contribution >= 4 is 5.78 Å². The Kier molecular flexibility index (Phi) is 3.44. The Morgan fingerprint density at radius 1 is 1.62 bits per heavy atom. The summed E-state index contributed by atoms with van der Waals surface area (Å²) >= 11 is 0. The van der Waals surface area contributed by atoms with E-state index in [0.717, 1.165) is 0 Å². The van der Waals surface area contributed by atoms with Crippen LogP contribution in [0.3, 0.4) is 0 Å². The molecule has 0 aliphatic heterocycles. The predicted molar refractivity (Wildman–Crippen MR) is 31.6 cm³/mol. The lowest BCUT2D eigenvalue weighted by Gasteiger charge is -2.01. The van der Waals surface area contributed by atoms with E-state index >= 15 is 0 Å². The van der Waals surface area contributed by atoms with Crippen LogP contribution >= 0.6 is 0 Å². The van der Waals surface area contributed by atoms with E-state index in [9.17, 15) is 4.79 Å². The van der Waals surface area contributed by atoms with Crippen molar-refractivity contribution in [2.75, 3.05) is 0 Å². The molecule has 48 valence electrons. The van der Waals surface area contributed by atoms with Crippen molar-refractivity contribution in [3.63, 3.8) is 0 Å². The van der Waals surface area contributed by atoms with Gasteiger partial charge in [-0.05, 0) is 6.42 Å². The first kappa shape index (κ1) is 7.63. The highest BCUT2D eigenvalue weighted by molar-refractivity contribution is 5.82. The quantitative estimate of drug-likeness (QED) is 0.590. The Hall–Kier alpha value is -0.370. The van der Waals surface area contributed by atoms with Crippen LogP contribution in [0.4, 0.5) is 0 Å². The molecule has 0 aromatic heterocycles.